The SMILES string of the molecule is COc1cccc2c3ccc[n+](C)c3c3c(C)ccnc3c12.Cc1ccc(C(C)C)c2c3nccc(C)c3c3c(ccc[n+]3C)c12.Cc1ccc(C)c2c3nccc(C)c3c3c(ccc[n+]3C)c12.Cc1cccc2c3ccc[n+](C)c3c3c(C)ccnc3c12.Cc1ccnc2c3c(C(C)C)cccc3c3ccc[n+](C)c3c12.Cc1ccnc2c3c(C(F)(F)F)cccc3c3ccc[n+](C)c3c12. The van der Waals surface area contributed by atoms with Crippen molar-refractivity contribution in [3.8, 4) is 5.75 Å². The van der Waals surface area contributed by atoms with Gasteiger partial charge in [-0.15, -0.1) is 0 Å². The first-order chi connectivity index (χ1) is 65.5. The molecule has 672 valence electrons. The van der Waals surface area contributed by atoms with Gasteiger partial charge < -0.3 is 4.74 Å². The molecular formula is C120H111F3N12O+6. The highest BCUT2D eigenvalue weighted by Crippen LogP contribution is 2.47. The number of hydrogen-bond donors (Lipinski definition) is 0. The van der Waals surface area contributed by atoms with E-state index in [1.165, 1.54) is 197 Å². The molecule has 13 nitrogen and oxygen atoms in total. The van der Waals surface area contributed by atoms with E-state index >= 15 is 0 Å². The topological polar surface area (TPSA) is 110 Å². The van der Waals surface area contributed by atoms with Gasteiger partial charge in [0.2, 0.25) is 33.1 Å². The number of nitrogens with zero attached hydrogens (tertiary/aromatic N) is 12. The molecule has 0 aliphatic carbocycles. The standard InChI is InChI=1S/C22H23N2.C21H21N2.C20H19N2.C19H14F3N2.C19H17N2O.C19H17N2/c1-13(2)16-9-8-14(3)18-17-7-6-12-24(5)22(17)19-15(4)10-11-23-21(19)20(16)18;1-13(2)15-7-5-8-16-17-9-6-12-23(4)21(17)18-14(3)10-11-22-20(18)19(15)16;1-12-7-8-13(2)17-16(12)15-6-5-11-22(4)20(15)18-14(3)9-10-21-19(17)18;1-11-8-9-23-17-15(11)18-13(6-4-10-24(18)2)12-5-3-7-14(16(12)17)19(20,21)22;1-12-9-10-20-18-16(12)19-14(7-5-11-21(19)2)13-6-4-8-15(22-3)17(13)18;1-12-6-4-7-14-15-8-5-11-21(3)19(15)17-13(2)9-10-20-18(17)16(12)14/h6-13H,1-5H3;5-13H,1-4H3;5-11H,1-4H3;3-10H,1-2H3;4-11H,1-3H3;4-11H,1-3H3/q6*+1. The van der Waals surface area contributed by atoms with E-state index in [1.54, 1.807) is 19.4 Å². The van der Waals surface area contributed by atoms with Crippen LogP contribution in [0.2, 0.25) is 0 Å². The molecule has 0 spiro atoms. The smallest absolute Gasteiger partial charge is 0.417 e. The number of hydrogen-bond acceptors (Lipinski definition) is 7. The molecule has 16 heteroatoms. The lowest BCUT2D eigenvalue weighted by atomic mass is 9.88. The van der Waals surface area contributed by atoms with Gasteiger partial charge in [-0.3, -0.25) is 29.9 Å². The predicted octanol–water partition coefficient (Wildman–Crippen LogP) is 26.6. The summed E-state index contributed by atoms with van der Waals surface area (Å²) in [5.74, 6) is 1.81. The van der Waals surface area contributed by atoms with Crippen molar-refractivity contribution < 1.29 is 45.3 Å². The van der Waals surface area contributed by atoms with E-state index in [2.05, 4.69) is 347 Å². The number of aromatic nitrogens is 12. The van der Waals surface area contributed by atoms with E-state index < -0.39 is 11.7 Å². The Kier molecular flexibility index (Phi) is 23.5. The Morgan fingerprint density at radius 3 is 0.853 bits per heavy atom. The maximum absolute atomic E-state index is 13.6. The number of benzene rings is 12. The van der Waals surface area contributed by atoms with Crippen molar-refractivity contribution in [3.63, 3.8) is 0 Å². The predicted molar refractivity (Wildman–Crippen MR) is 555 cm³/mol. The van der Waals surface area contributed by atoms with Crippen molar-refractivity contribution in [2.45, 2.75) is 115 Å². The second-order valence-corrected chi connectivity index (χ2v) is 37.3. The Morgan fingerprint density at radius 1 is 0.228 bits per heavy atom. The highest BCUT2D eigenvalue weighted by Gasteiger charge is 2.36. The van der Waals surface area contributed by atoms with Crippen molar-refractivity contribution in [1.82, 2.24) is 29.9 Å². The number of pyridine rings is 12. The van der Waals surface area contributed by atoms with Gasteiger partial charge in [0, 0.05) is 117 Å². The Hall–Kier alpha value is -15.3. The fourth-order valence-electron chi connectivity index (χ4n) is 21.5. The third kappa shape index (κ3) is 15.0. The van der Waals surface area contributed by atoms with Gasteiger partial charge in [-0.25, -0.2) is 27.4 Å². The number of ether oxygens (including phenoxy) is 1. The summed E-state index contributed by atoms with van der Waals surface area (Å²) in [6.07, 6.45) is 19.2. The van der Waals surface area contributed by atoms with Crippen molar-refractivity contribution in [2.75, 3.05) is 7.11 Å². The van der Waals surface area contributed by atoms with Crippen LogP contribution in [-0.2, 0) is 48.5 Å². The molecule has 0 bridgehead atoms. The number of alkyl halides is 3. The van der Waals surface area contributed by atoms with E-state index in [9.17, 15) is 13.2 Å². The Labute approximate surface area is 788 Å². The second kappa shape index (κ2) is 35.6. The molecule has 12 heterocycles. The lowest BCUT2D eigenvalue weighted by Crippen LogP contribution is -2.28. The lowest BCUT2D eigenvalue weighted by Gasteiger charge is -2.16. The number of rotatable bonds is 3. The zero-order valence-corrected chi connectivity index (χ0v) is 81.1. The van der Waals surface area contributed by atoms with Gasteiger partial charge >= 0.3 is 6.18 Å². The van der Waals surface area contributed by atoms with Crippen LogP contribution in [0, 0.1) is 69.2 Å². The van der Waals surface area contributed by atoms with Crippen molar-refractivity contribution >= 4 is 195 Å². The van der Waals surface area contributed by atoms with Crippen molar-refractivity contribution in [3.05, 3.63) is 353 Å². The fraction of sp³-hybridized carbons (Fsp3) is 0.200. The molecule has 136 heavy (non-hydrogen) atoms. The first-order valence-corrected chi connectivity index (χ1v) is 46.5. The van der Waals surface area contributed by atoms with Gasteiger partial charge in [0.05, 0.1) is 116 Å². The molecule has 0 amide bonds. The average Bonchev–Trinajstić information content (AvgIpc) is 0.743. The molecule has 0 aliphatic rings. The summed E-state index contributed by atoms with van der Waals surface area (Å²) in [6.45, 7) is 30.5. The molecule has 24 aromatic rings. The van der Waals surface area contributed by atoms with Crippen LogP contribution in [0.25, 0.3) is 195 Å². The van der Waals surface area contributed by atoms with E-state index in [-0.39, 0.29) is 5.39 Å². The van der Waals surface area contributed by atoms with Crippen LogP contribution >= 0.6 is 0 Å². The van der Waals surface area contributed by atoms with Gasteiger partial charge in [0.25, 0.3) is 0 Å². The minimum absolute atomic E-state index is 0.169. The third-order valence-corrected chi connectivity index (χ3v) is 27.9. The molecule has 0 saturated heterocycles. The van der Waals surface area contributed by atoms with Crippen LogP contribution < -0.4 is 32.1 Å². The van der Waals surface area contributed by atoms with E-state index in [1.807, 2.05) is 86.1 Å². The summed E-state index contributed by atoms with van der Waals surface area (Å²) in [7, 11) is 14.2. The summed E-state index contributed by atoms with van der Waals surface area (Å²) in [5.41, 5.74) is 27.6. The number of aryl methyl sites for hydroxylation is 16. The monoisotopic (exact) mass is 1790 g/mol. The van der Waals surface area contributed by atoms with E-state index in [0.717, 1.165) is 66.6 Å². The number of methoxy groups -OCH3 is 1. The molecule has 0 saturated carbocycles. The summed E-state index contributed by atoms with van der Waals surface area (Å²) in [4.78, 5) is 28.1. The van der Waals surface area contributed by atoms with Gasteiger partial charge in [0.15, 0.2) is 37.2 Å². The third-order valence-electron chi connectivity index (χ3n) is 27.9. The Bertz CT molecular complexity index is 8990. The molecule has 0 fully saturated rings. The minimum atomic E-state index is -4.43. The van der Waals surface area contributed by atoms with Crippen LogP contribution in [-0.4, -0.2) is 37.0 Å². The average molecular weight is 1790 g/mol. The molecule has 0 N–H and O–H groups in total. The quantitative estimate of drug-likeness (QED) is 0.128. The summed E-state index contributed by atoms with van der Waals surface area (Å²) < 4.78 is 59.4. The van der Waals surface area contributed by atoms with Gasteiger partial charge in [-0.1, -0.05) is 113 Å². The molecule has 0 radical (unpaired) electrons. The normalized spacial score (nSPS) is 11.8. The first-order valence-electron chi connectivity index (χ1n) is 46.5. The van der Waals surface area contributed by atoms with Crippen LogP contribution in [0.1, 0.15) is 112 Å². The van der Waals surface area contributed by atoms with Gasteiger partial charge in [0.1, 0.15) is 48.0 Å². The zero-order valence-electron chi connectivity index (χ0n) is 81.1. The lowest BCUT2D eigenvalue weighted by molar-refractivity contribution is -0.644. The van der Waals surface area contributed by atoms with Gasteiger partial charge in [-0.05, 0) is 249 Å². The Morgan fingerprint density at radius 2 is 0.478 bits per heavy atom. The van der Waals surface area contributed by atoms with Gasteiger partial charge in [-0.2, -0.15) is 13.2 Å². The number of fused-ring (bicyclic) bond motifs is 36. The van der Waals surface area contributed by atoms with Crippen LogP contribution in [0.3, 0.4) is 0 Å². The molecule has 0 unspecified atom stereocenters. The fourth-order valence-corrected chi connectivity index (χ4v) is 21.5. The minimum Gasteiger partial charge on any atom is -0.496 e. The number of halogens is 3. The molecule has 0 aliphatic heterocycles. The van der Waals surface area contributed by atoms with E-state index in [4.69, 9.17) is 24.7 Å². The molecule has 24 rings (SSSR count). The molecule has 12 aromatic heterocycles. The molecular weight excluding hydrogens is 1680 g/mol. The van der Waals surface area contributed by atoms with Crippen LogP contribution in [0.4, 0.5) is 13.2 Å². The zero-order chi connectivity index (χ0) is 95.5. The maximum Gasteiger partial charge on any atom is 0.417 e. The maximum atomic E-state index is 13.6. The second-order valence-electron chi connectivity index (χ2n) is 37.3. The Balaban J connectivity index is 0.000000105. The largest absolute Gasteiger partial charge is 0.496 e. The van der Waals surface area contributed by atoms with Crippen molar-refractivity contribution in [1.29, 1.82) is 0 Å². The van der Waals surface area contributed by atoms with Crippen molar-refractivity contribution in [2.24, 2.45) is 42.3 Å². The summed E-state index contributed by atoms with van der Waals surface area (Å²) in [6, 6.07) is 70.3. The summed E-state index contributed by atoms with van der Waals surface area (Å²) >= 11 is 0. The molecule has 0 atom stereocenters. The van der Waals surface area contributed by atoms with Crippen LogP contribution in [0.15, 0.2) is 281 Å². The molecule has 12 aromatic carbocycles. The van der Waals surface area contributed by atoms with Crippen LogP contribution in [0.5, 0.6) is 5.75 Å². The first kappa shape index (κ1) is 89.9. The highest BCUT2D eigenvalue weighted by molar-refractivity contribution is 6.30. The van der Waals surface area contributed by atoms with E-state index in [0.29, 0.717) is 22.7 Å². The summed E-state index contributed by atoms with van der Waals surface area (Å²) in [5, 5.41) is 27.7. The highest BCUT2D eigenvalue weighted by atomic mass is 19.4.